The van der Waals surface area contributed by atoms with Crippen molar-refractivity contribution in [2.24, 2.45) is 5.92 Å². The van der Waals surface area contributed by atoms with Gasteiger partial charge in [0, 0.05) is 0 Å². The van der Waals surface area contributed by atoms with Crippen molar-refractivity contribution in [3.63, 3.8) is 0 Å². The molecule has 0 radical (unpaired) electrons. The van der Waals surface area contributed by atoms with Crippen LogP contribution in [0.1, 0.15) is 28.8 Å². The van der Waals surface area contributed by atoms with E-state index in [0.717, 1.165) is 5.56 Å². The number of carbonyl (C=O) groups is 2. The highest BCUT2D eigenvalue weighted by atomic mass is 16.4. The Kier molecular flexibility index (Phi) is 5.11. The second-order valence-corrected chi connectivity index (χ2v) is 4.11. The summed E-state index contributed by atoms with van der Waals surface area (Å²) in [5.74, 6) is -2.28. The molecule has 1 atom stereocenters. The average Bonchev–Trinajstić information content (AvgIpc) is 2.34. The number of allylic oxidation sites excluding steroid dienone is 1. The Labute approximate surface area is 106 Å². The van der Waals surface area contributed by atoms with E-state index >= 15 is 0 Å². The molecule has 96 valence electrons. The number of aromatic carboxylic acids is 1. The van der Waals surface area contributed by atoms with Gasteiger partial charge in [-0.2, -0.15) is 0 Å². The van der Waals surface area contributed by atoms with Crippen LogP contribution in [0.25, 0.3) is 0 Å². The summed E-state index contributed by atoms with van der Waals surface area (Å²) in [6.45, 7) is 3.57. The van der Waals surface area contributed by atoms with Crippen molar-refractivity contribution in [1.82, 2.24) is 0 Å². The quantitative estimate of drug-likeness (QED) is 0.727. The second-order valence-electron chi connectivity index (χ2n) is 4.11. The first-order valence-corrected chi connectivity index (χ1v) is 5.70. The average molecular weight is 248 g/mol. The molecular weight excluding hydrogens is 232 g/mol. The van der Waals surface area contributed by atoms with Crippen LogP contribution in [0.15, 0.2) is 36.9 Å². The predicted molar refractivity (Wildman–Crippen MR) is 67.7 cm³/mol. The number of aliphatic carboxylic acids is 1. The zero-order valence-corrected chi connectivity index (χ0v) is 10.0. The molecule has 4 nitrogen and oxygen atoms in total. The second kappa shape index (κ2) is 6.59. The van der Waals surface area contributed by atoms with E-state index in [1.54, 1.807) is 18.2 Å². The lowest BCUT2D eigenvalue weighted by Gasteiger charge is -2.11. The fourth-order valence-electron chi connectivity index (χ4n) is 1.70. The highest BCUT2D eigenvalue weighted by Crippen LogP contribution is 2.15. The fourth-order valence-corrected chi connectivity index (χ4v) is 1.70. The van der Waals surface area contributed by atoms with Crippen molar-refractivity contribution in [2.75, 3.05) is 0 Å². The van der Waals surface area contributed by atoms with E-state index in [1.165, 1.54) is 12.1 Å². The van der Waals surface area contributed by atoms with Gasteiger partial charge in [-0.1, -0.05) is 18.2 Å². The van der Waals surface area contributed by atoms with Crippen molar-refractivity contribution >= 4 is 11.9 Å². The largest absolute Gasteiger partial charge is 0.481 e. The van der Waals surface area contributed by atoms with Gasteiger partial charge in [0.05, 0.1) is 11.5 Å². The van der Waals surface area contributed by atoms with Gasteiger partial charge in [0.15, 0.2) is 0 Å². The molecule has 4 heteroatoms. The maximum atomic E-state index is 11.1. The van der Waals surface area contributed by atoms with Gasteiger partial charge < -0.3 is 10.2 Å². The molecule has 1 aromatic rings. The Morgan fingerprint density at radius 3 is 2.28 bits per heavy atom. The van der Waals surface area contributed by atoms with E-state index in [-0.39, 0.29) is 5.56 Å². The van der Waals surface area contributed by atoms with Crippen LogP contribution in [-0.2, 0) is 11.2 Å². The monoisotopic (exact) mass is 248 g/mol. The molecule has 0 heterocycles. The Morgan fingerprint density at radius 1 is 1.22 bits per heavy atom. The molecule has 2 N–H and O–H groups in total. The molecule has 1 aromatic carbocycles. The van der Waals surface area contributed by atoms with Crippen LogP contribution in [0.3, 0.4) is 0 Å². The summed E-state index contributed by atoms with van der Waals surface area (Å²) < 4.78 is 0. The first-order valence-electron chi connectivity index (χ1n) is 5.70. The summed E-state index contributed by atoms with van der Waals surface area (Å²) in [5, 5.41) is 17.8. The zero-order valence-electron chi connectivity index (χ0n) is 10.0. The topological polar surface area (TPSA) is 74.6 Å². The van der Waals surface area contributed by atoms with Crippen molar-refractivity contribution < 1.29 is 19.8 Å². The Morgan fingerprint density at radius 2 is 1.83 bits per heavy atom. The van der Waals surface area contributed by atoms with Crippen LogP contribution in [0.2, 0.25) is 0 Å². The minimum atomic E-state index is -0.983. The van der Waals surface area contributed by atoms with Crippen molar-refractivity contribution in [1.29, 1.82) is 0 Å². The van der Waals surface area contributed by atoms with Gasteiger partial charge in [-0.15, -0.1) is 6.58 Å². The lowest BCUT2D eigenvalue weighted by atomic mass is 9.94. The minimum Gasteiger partial charge on any atom is -0.481 e. The maximum Gasteiger partial charge on any atom is 0.335 e. The molecule has 0 bridgehead atoms. The molecule has 1 rings (SSSR count). The number of benzene rings is 1. The molecule has 0 aliphatic carbocycles. The van der Waals surface area contributed by atoms with Gasteiger partial charge in [0.1, 0.15) is 0 Å². The molecule has 0 saturated heterocycles. The standard InChI is InChI=1S/C14H16O4/c1-2-3-4-12(14(17)18)9-10-5-7-11(8-6-10)13(15)16/h2,5-8,12H,1,3-4,9H2,(H,15,16)(H,17,18)/t12-/m1/s1. The Hall–Kier alpha value is -2.10. The van der Waals surface area contributed by atoms with Crippen LogP contribution in [0.5, 0.6) is 0 Å². The van der Waals surface area contributed by atoms with Crippen molar-refractivity contribution in [3.05, 3.63) is 48.0 Å². The molecule has 0 spiro atoms. The zero-order chi connectivity index (χ0) is 13.5. The third-order valence-corrected chi connectivity index (χ3v) is 2.75. The van der Waals surface area contributed by atoms with E-state index in [1.807, 2.05) is 0 Å². The molecule has 0 saturated carbocycles. The van der Waals surface area contributed by atoms with Crippen molar-refractivity contribution in [2.45, 2.75) is 19.3 Å². The number of rotatable bonds is 7. The third kappa shape index (κ3) is 4.05. The van der Waals surface area contributed by atoms with Crippen LogP contribution in [0.4, 0.5) is 0 Å². The Bertz CT molecular complexity index is 434. The van der Waals surface area contributed by atoms with Crippen molar-refractivity contribution in [3.8, 4) is 0 Å². The van der Waals surface area contributed by atoms with Crippen LogP contribution in [0, 0.1) is 5.92 Å². The first kappa shape index (κ1) is 14.0. The number of hydrogen-bond donors (Lipinski definition) is 2. The van der Waals surface area contributed by atoms with Crippen LogP contribution < -0.4 is 0 Å². The fraction of sp³-hybridized carbons (Fsp3) is 0.286. The van der Waals surface area contributed by atoms with Gasteiger partial charge in [-0.3, -0.25) is 4.79 Å². The van der Waals surface area contributed by atoms with Gasteiger partial charge in [0.2, 0.25) is 0 Å². The van der Waals surface area contributed by atoms with Gasteiger partial charge in [0.25, 0.3) is 0 Å². The molecule has 0 aliphatic rings. The molecule has 0 amide bonds. The lowest BCUT2D eigenvalue weighted by Crippen LogP contribution is -2.16. The van der Waals surface area contributed by atoms with E-state index in [9.17, 15) is 9.59 Å². The summed E-state index contributed by atoms with van der Waals surface area (Å²) in [6.07, 6.45) is 3.30. The molecule has 18 heavy (non-hydrogen) atoms. The highest BCUT2D eigenvalue weighted by molar-refractivity contribution is 5.87. The van der Waals surface area contributed by atoms with Crippen LogP contribution in [-0.4, -0.2) is 22.2 Å². The van der Waals surface area contributed by atoms with Crippen LogP contribution >= 0.6 is 0 Å². The summed E-state index contributed by atoms with van der Waals surface area (Å²) >= 11 is 0. The van der Waals surface area contributed by atoms with Gasteiger partial charge in [-0.05, 0) is 37.0 Å². The number of carboxylic acid groups (broad SMARTS) is 2. The number of carboxylic acids is 2. The van der Waals surface area contributed by atoms with E-state index in [2.05, 4.69) is 6.58 Å². The molecule has 0 fully saturated rings. The smallest absolute Gasteiger partial charge is 0.335 e. The molecular formula is C14H16O4. The predicted octanol–water partition coefficient (Wildman–Crippen LogP) is 2.59. The van der Waals surface area contributed by atoms with E-state index in [4.69, 9.17) is 10.2 Å². The normalized spacial score (nSPS) is 11.8. The maximum absolute atomic E-state index is 11.1. The lowest BCUT2D eigenvalue weighted by molar-refractivity contribution is -0.141. The van der Waals surface area contributed by atoms with Gasteiger partial charge >= 0.3 is 11.9 Å². The van der Waals surface area contributed by atoms with E-state index in [0.29, 0.717) is 19.3 Å². The Balaban J connectivity index is 2.71. The molecule has 0 unspecified atom stereocenters. The number of hydrogen-bond acceptors (Lipinski definition) is 2. The summed E-state index contributed by atoms with van der Waals surface area (Å²) in [7, 11) is 0. The summed E-state index contributed by atoms with van der Waals surface area (Å²) in [4.78, 5) is 21.7. The summed E-state index contributed by atoms with van der Waals surface area (Å²) in [5.41, 5.74) is 1.04. The van der Waals surface area contributed by atoms with E-state index < -0.39 is 17.9 Å². The summed E-state index contributed by atoms with van der Waals surface area (Å²) in [6, 6.07) is 6.30. The third-order valence-electron chi connectivity index (χ3n) is 2.75. The molecule has 0 aromatic heterocycles. The highest BCUT2D eigenvalue weighted by Gasteiger charge is 2.17. The van der Waals surface area contributed by atoms with Gasteiger partial charge in [-0.25, -0.2) is 4.79 Å². The minimum absolute atomic E-state index is 0.205. The first-order chi connectivity index (χ1) is 8.54. The SMILES string of the molecule is C=CCC[C@H](Cc1ccc(C(=O)O)cc1)C(=O)O. The molecule has 0 aliphatic heterocycles.